The zero-order valence-electron chi connectivity index (χ0n) is 11.3. The molecule has 0 saturated carbocycles. The lowest BCUT2D eigenvalue weighted by Gasteiger charge is -2.13. The van der Waals surface area contributed by atoms with Crippen molar-refractivity contribution in [1.29, 1.82) is 0 Å². The molecule has 0 atom stereocenters. The smallest absolute Gasteiger partial charge is 0.0933 e. The highest BCUT2D eigenvalue weighted by atomic mass is 15.1. The van der Waals surface area contributed by atoms with Gasteiger partial charge in [0.2, 0.25) is 0 Å². The highest BCUT2D eigenvalue weighted by Gasteiger charge is 2.16. The van der Waals surface area contributed by atoms with Crippen LogP contribution in [0.5, 0.6) is 0 Å². The van der Waals surface area contributed by atoms with E-state index in [0.717, 1.165) is 35.5 Å². The second-order valence-electron chi connectivity index (χ2n) is 5.06. The molecular formula is C15H18N4. The fourth-order valence-corrected chi connectivity index (χ4v) is 2.54. The van der Waals surface area contributed by atoms with Gasteiger partial charge in [0, 0.05) is 31.4 Å². The molecule has 3 rings (SSSR count). The molecule has 19 heavy (non-hydrogen) atoms. The van der Waals surface area contributed by atoms with Crippen LogP contribution in [0.3, 0.4) is 0 Å². The van der Waals surface area contributed by atoms with Crippen LogP contribution in [0.25, 0.3) is 11.3 Å². The van der Waals surface area contributed by atoms with Gasteiger partial charge in [-0.05, 0) is 36.6 Å². The van der Waals surface area contributed by atoms with Crippen molar-refractivity contribution in [3.8, 4) is 11.3 Å². The molecule has 4 nitrogen and oxygen atoms in total. The maximum atomic E-state index is 5.73. The van der Waals surface area contributed by atoms with Crippen molar-refractivity contribution in [2.75, 3.05) is 18.5 Å². The average Bonchev–Trinajstić information content (AvgIpc) is 2.80. The number of anilines is 1. The largest absolute Gasteiger partial charge is 0.374 e. The number of nitrogens with two attached hydrogens (primary N) is 1. The quantitative estimate of drug-likeness (QED) is 0.889. The second kappa shape index (κ2) is 4.63. The molecule has 1 aliphatic rings. The molecule has 0 fully saturated rings. The van der Waals surface area contributed by atoms with Crippen molar-refractivity contribution in [1.82, 2.24) is 10.2 Å². The van der Waals surface area contributed by atoms with Crippen molar-refractivity contribution in [3.05, 3.63) is 41.1 Å². The molecule has 1 aromatic carbocycles. The molecule has 0 saturated heterocycles. The molecule has 1 aromatic heterocycles. The Morgan fingerprint density at radius 2 is 2.11 bits per heavy atom. The maximum Gasteiger partial charge on any atom is 0.0933 e. The third kappa shape index (κ3) is 2.08. The van der Waals surface area contributed by atoms with Crippen LogP contribution in [-0.4, -0.2) is 23.8 Å². The van der Waals surface area contributed by atoms with E-state index < -0.39 is 0 Å². The van der Waals surface area contributed by atoms with Gasteiger partial charge in [0.15, 0.2) is 0 Å². The molecule has 2 aromatic rings. The van der Waals surface area contributed by atoms with E-state index in [-0.39, 0.29) is 0 Å². The van der Waals surface area contributed by atoms with Crippen LogP contribution in [0, 0.1) is 6.92 Å². The lowest BCUT2D eigenvalue weighted by atomic mass is 10.0. The van der Waals surface area contributed by atoms with Gasteiger partial charge < -0.3 is 10.6 Å². The summed E-state index contributed by atoms with van der Waals surface area (Å²) in [5.74, 6) is 0. The Labute approximate surface area is 113 Å². The molecule has 98 valence electrons. The Hall–Kier alpha value is -1.94. The molecule has 2 N–H and O–H groups in total. The van der Waals surface area contributed by atoms with Gasteiger partial charge in [-0.2, -0.15) is 10.2 Å². The summed E-state index contributed by atoms with van der Waals surface area (Å²) >= 11 is 0. The summed E-state index contributed by atoms with van der Waals surface area (Å²) in [6.45, 7) is 3.53. The molecule has 0 unspecified atom stereocenters. The lowest BCUT2D eigenvalue weighted by Crippen LogP contribution is -2.12. The van der Waals surface area contributed by atoms with Gasteiger partial charge in [-0.1, -0.05) is 12.1 Å². The second-order valence-corrected chi connectivity index (χ2v) is 5.06. The Balaban J connectivity index is 2.05. The number of rotatable bonds is 2. The van der Waals surface area contributed by atoms with E-state index in [1.54, 1.807) is 0 Å². The summed E-state index contributed by atoms with van der Waals surface area (Å²) in [7, 11) is 2.13. The van der Waals surface area contributed by atoms with Gasteiger partial charge in [-0.25, -0.2) is 0 Å². The highest BCUT2D eigenvalue weighted by molar-refractivity contribution is 5.70. The molecule has 4 heteroatoms. The van der Waals surface area contributed by atoms with Gasteiger partial charge >= 0.3 is 0 Å². The first-order valence-corrected chi connectivity index (χ1v) is 6.57. The molecule has 0 radical (unpaired) electrons. The van der Waals surface area contributed by atoms with Crippen molar-refractivity contribution in [2.45, 2.75) is 19.9 Å². The SMILES string of the molecule is Cc1nnc(-c2ccc3c(c2)N(C)CC3)cc1CN. The first kappa shape index (κ1) is 12.1. The van der Waals surface area contributed by atoms with Crippen LogP contribution in [0.4, 0.5) is 5.69 Å². The molecular weight excluding hydrogens is 236 g/mol. The topological polar surface area (TPSA) is 55.0 Å². The van der Waals surface area contributed by atoms with E-state index in [1.807, 2.05) is 13.0 Å². The summed E-state index contributed by atoms with van der Waals surface area (Å²) in [6, 6.07) is 8.55. The monoisotopic (exact) mass is 254 g/mol. The standard InChI is InChI=1S/C15H18N4/c1-10-13(9-16)7-14(18-17-10)12-4-3-11-5-6-19(2)15(11)8-12/h3-4,7-8H,5-6,9,16H2,1-2H3. The molecule has 2 heterocycles. The fraction of sp³-hybridized carbons (Fsp3) is 0.333. The highest BCUT2D eigenvalue weighted by Crippen LogP contribution is 2.31. The third-order valence-electron chi connectivity index (χ3n) is 3.81. The summed E-state index contributed by atoms with van der Waals surface area (Å²) in [5, 5.41) is 8.48. The molecule has 0 amide bonds. The molecule has 0 bridgehead atoms. The average molecular weight is 254 g/mol. The van der Waals surface area contributed by atoms with E-state index >= 15 is 0 Å². The number of fused-ring (bicyclic) bond motifs is 1. The number of likely N-dealkylation sites (N-methyl/N-ethyl adjacent to an activating group) is 1. The number of aryl methyl sites for hydroxylation is 1. The Bertz CT molecular complexity index is 622. The predicted molar refractivity (Wildman–Crippen MR) is 77.1 cm³/mol. The van der Waals surface area contributed by atoms with Gasteiger partial charge in [0.05, 0.1) is 11.4 Å². The summed E-state index contributed by atoms with van der Waals surface area (Å²) < 4.78 is 0. The van der Waals surface area contributed by atoms with E-state index in [4.69, 9.17) is 5.73 Å². The lowest BCUT2D eigenvalue weighted by molar-refractivity contribution is 0.924. The van der Waals surface area contributed by atoms with Crippen LogP contribution in [0.15, 0.2) is 24.3 Å². The Morgan fingerprint density at radius 3 is 2.89 bits per heavy atom. The van der Waals surface area contributed by atoms with E-state index in [0.29, 0.717) is 6.54 Å². The summed E-state index contributed by atoms with van der Waals surface area (Å²) in [5.41, 5.74) is 12.4. The minimum absolute atomic E-state index is 0.499. The van der Waals surface area contributed by atoms with Crippen LogP contribution in [-0.2, 0) is 13.0 Å². The van der Waals surface area contributed by atoms with Gasteiger partial charge in [-0.15, -0.1) is 0 Å². The molecule has 0 spiro atoms. The van der Waals surface area contributed by atoms with E-state index in [9.17, 15) is 0 Å². The number of hydrogen-bond donors (Lipinski definition) is 1. The van der Waals surface area contributed by atoms with Crippen molar-refractivity contribution < 1.29 is 0 Å². The molecule has 0 aliphatic carbocycles. The molecule has 1 aliphatic heterocycles. The maximum absolute atomic E-state index is 5.73. The van der Waals surface area contributed by atoms with Crippen LogP contribution in [0.2, 0.25) is 0 Å². The van der Waals surface area contributed by atoms with Gasteiger partial charge in [0.25, 0.3) is 0 Å². The van der Waals surface area contributed by atoms with E-state index in [1.165, 1.54) is 11.3 Å². The van der Waals surface area contributed by atoms with Gasteiger partial charge in [-0.3, -0.25) is 0 Å². The van der Waals surface area contributed by atoms with Crippen molar-refractivity contribution in [2.24, 2.45) is 5.73 Å². The zero-order valence-corrected chi connectivity index (χ0v) is 11.3. The van der Waals surface area contributed by atoms with Crippen LogP contribution >= 0.6 is 0 Å². The first-order chi connectivity index (χ1) is 9.19. The number of benzene rings is 1. The predicted octanol–water partition coefficient (Wildman–Crippen LogP) is 1.90. The minimum Gasteiger partial charge on any atom is -0.374 e. The van der Waals surface area contributed by atoms with Gasteiger partial charge in [0.1, 0.15) is 0 Å². The van der Waals surface area contributed by atoms with Crippen molar-refractivity contribution in [3.63, 3.8) is 0 Å². The van der Waals surface area contributed by atoms with Crippen LogP contribution in [0.1, 0.15) is 16.8 Å². The van der Waals surface area contributed by atoms with Crippen molar-refractivity contribution >= 4 is 5.69 Å². The Morgan fingerprint density at radius 1 is 1.26 bits per heavy atom. The third-order valence-corrected chi connectivity index (χ3v) is 3.81. The zero-order chi connectivity index (χ0) is 13.4. The van der Waals surface area contributed by atoms with Crippen LogP contribution < -0.4 is 10.6 Å². The Kier molecular flexibility index (Phi) is 2.95. The first-order valence-electron chi connectivity index (χ1n) is 6.57. The summed E-state index contributed by atoms with van der Waals surface area (Å²) in [6.07, 6.45) is 1.12. The normalized spacial score (nSPS) is 13.7. The fourth-order valence-electron chi connectivity index (χ4n) is 2.54. The summed E-state index contributed by atoms with van der Waals surface area (Å²) in [4.78, 5) is 2.28. The number of hydrogen-bond acceptors (Lipinski definition) is 4. The number of nitrogens with zero attached hydrogens (tertiary/aromatic N) is 3. The minimum atomic E-state index is 0.499. The number of aromatic nitrogens is 2. The van der Waals surface area contributed by atoms with E-state index in [2.05, 4.69) is 40.3 Å².